The van der Waals surface area contributed by atoms with Gasteiger partial charge in [0.2, 0.25) is 0 Å². The smallest absolute Gasteiger partial charge is 0.251 e. The van der Waals surface area contributed by atoms with Crippen LogP contribution in [0.15, 0.2) is 29.4 Å². The number of nitrogens with zero attached hydrogens (tertiary/aromatic N) is 3. The Labute approximate surface area is 118 Å². The quantitative estimate of drug-likeness (QED) is 0.501. The van der Waals surface area contributed by atoms with E-state index >= 15 is 0 Å². The van der Waals surface area contributed by atoms with E-state index in [1.807, 2.05) is 0 Å². The van der Waals surface area contributed by atoms with Crippen LogP contribution in [0.25, 0.3) is 10.4 Å². The normalized spacial score (nSPS) is 17.1. The van der Waals surface area contributed by atoms with Crippen molar-refractivity contribution >= 4 is 11.6 Å². The minimum atomic E-state index is -0.0801. The molecule has 106 valence electrons. The minimum absolute atomic E-state index is 0.0801. The van der Waals surface area contributed by atoms with Gasteiger partial charge in [-0.1, -0.05) is 17.2 Å². The minimum Gasteiger partial charge on any atom is -0.349 e. The van der Waals surface area contributed by atoms with Crippen molar-refractivity contribution in [3.05, 3.63) is 40.3 Å². The lowest BCUT2D eigenvalue weighted by molar-refractivity contribution is 0.0920. The molecule has 1 heterocycles. The van der Waals surface area contributed by atoms with Gasteiger partial charge in [-0.25, -0.2) is 0 Å². The predicted octanol–water partition coefficient (Wildman–Crippen LogP) is 2.75. The third-order valence-electron chi connectivity index (χ3n) is 3.74. The van der Waals surface area contributed by atoms with Gasteiger partial charge in [-0.3, -0.25) is 4.79 Å². The second kappa shape index (κ2) is 6.93. The Balaban J connectivity index is 1.94. The van der Waals surface area contributed by atoms with E-state index in [2.05, 4.69) is 27.6 Å². The number of piperidine rings is 1. The van der Waals surface area contributed by atoms with Crippen LogP contribution >= 0.6 is 0 Å². The molecule has 20 heavy (non-hydrogen) atoms. The van der Waals surface area contributed by atoms with Crippen LogP contribution in [0.5, 0.6) is 0 Å². The molecule has 0 spiro atoms. The third kappa shape index (κ3) is 3.73. The van der Waals surface area contributed by atoms with Crippen LogP contribution in [-0.4, -0.2) is 25.0 Å². The zero-order chi connectivity index (χ0) is 14.4. The van der Waals surface area contributed by atoms with Crippen molar-refractivity contribution in [1.29, 1.82) is 0 Å². The highest BCUT2D eigenvalue weighted by Gasteiger charge is 2.21. The summed E-state index contributed by atoms with van der Waals surface area (Å²) in [6.45, 7) is 4.10. The molecule has 0 saturated carbocycles. The van der Waals surface area contributed by atoms with Crippen molar-refractivity contribution in [2.75, 3.05) is 13.1 Å². The lowest BCUT2D eigenvalue weighted by atomic mass is 9.91. The molecule has 1 unspecified atom stereocenters. The van der Waals surface area contributed by atoms with Crippen molar-refractivity contribution in [3.8, 4) is 0 Å². The number of carbonyl (C=O) groups excluding carboxylic acids is 1. The molecule has 1 amide bonds. The molecule has 2 rings (SSSR count). The molecule has 1 aliphatic heterocycles. The van der Waals surface area contributed by atoms with Gasteiger partial charge in [0.05, 0.1) is 0 Å². The number of benzene rings is 1. The standard InChI is InChI=1S/C14H19N5O/c1-10(11-6-8-16-9-7-11)17-14(20)12-2-4-13(5-3-12)18-19-15/h2-5,10-11,16H,6-9H2,1H3,(H,17,20). The lowest BCUT2D eigenvalue weighted by Crippen LogP contribution is -2.42. The molecule has 0 aliphatic carbocycles. The van der Waals surface area contributed by atoms with Gasteiger partial charge >= 0.3 is 0 Å². The summed E-state index contributed by atoms with van der Waals surface area (Å²) in [5.41, 5.74) is 9.43. The summed E-state index contributed by atoms with van der Waals surface area (Å²) in [5, 5.41) is 9.85. The van der Waals surface area contributed by atoms with Gasteiger partial charge in [-0.15, -0.1) is 0 Å². The number of amides is 1. The van der Waals surface area contributed by atoms with E-state index in [0.717, 1.165) is 25.9 Å². The first-order chi connectivity index (χ1) is 9.70. The maximum absolute atomic E-state index is 12.1. The lowest BCUT2D eigenvalue weighted by Gasteiger charge is -2.28. The van der Waals surface area contributed by atoms with Crippen molar-refractivity contribution in [1.82, 2.24) is 10.6 Å². The fourth-order valence-corrected chi connectivity index (χ4v) is 2.48. The van der Waals surface area contributed by atoms with Crippen LogP contribution in [-0.2, 0) is 0 Å². The fraction of sp³-hybridized carbons (Fsp3) is 0.500. The van der Waals surface area contributed by atoms with E-state index in [9.17, 15) is 4.79 Å². The molecule has 0 radical (unpaired) electrons. The van der Waals surface area contributed by atoms with Crippen LogP contribution < -0.4 is 10.6 Å². The number of hydrogen-bond donors (Lipinski definition) is 2. The van der Waals surface area contributed by atoms with Crippen molar-refractivity contribution in [2.45, 2.75) is 25.8 Å². The van der Waals surface area contributed by atoms with E-state index in [1.54, 1.807) is 24.3 Å². The highest BCUT2D eigenvalue weighted by Crippen LogP contribution is 2.17. The van der Waals surface area contributed by atoms with Gasteiger partial charge in [-0.05, 0) is 56.4 Å². The Kier molecular flexibility index (Phi) is 4.98. The highest BCUT2D eigenvalue weighted by atomic mass is 16.1. The van der Waals surface area contributed by atoms with E-state index in [1.165, 1.54) is 0 Å². The molecule has 6 heteroatoms. The van der Waals surface area contributed by atoms with Crippen LogP contribution in [0.3, 0.4) is 0 Å². The Hall–Kier alpha value is -2.04. The second-order valence-electron chi connectivity index (χ2n) is 5.09. The third-order valence-corrected chi connectivity index (χ3v) is 3.74. The molecule has 1 saturated heterocycles. The maximum Gasteiger partial charge on any atom is 0.251 e. The fourth-order valence-electron chi connectivity index (χ4n) is 2.48. The van der Waals surface area contributed by atoms with Gasteiger partial charge in [0.25, 0.3) is 5.91 Å². The molecule has 2 N–H and O–H groups in total. The SMILES string of the molecule is CC(NC(=O)c1ccc(N=[N+]=[N-])cc1)C1CCNCC1. The summed E-state index contributed by atoms with van der Waals surface area (Å²) >= 11 is 0. The average molecular weight is 273 g/mol. The molecule has 6 nitrogen and oxygen atoms in total. The first-order valence-corrected chi connectivity index (χ1v) is 6.87. The number of rotatable bonds is 4. The number of azide groups is 1. The topological polar surface area (TPSA) is 89.9 Å². The van der Waals surface area contributed by atoms with Crippen LogP contribution in [0, 0.1) is 5.92 Å². The van der Waals surface area contributed by atoms with Gasteiger partial charge in [-0.2, -0.15) is 0 Å². The van der Waals surface area contributed by atoms with E-state index in [0.29, 0.717) is 17.2 Å². The Morgan fingerprint density at radius 1 is 1.40 bits per heavy atom. The zero-order valence-electron chi connectivity index (χ0n) is 11.5. The average Bonchev–Trinajstić information content (AvgIpc) is 2.49. The molecule has 1 aromatic rings. The Morgan fingerprint density at radius 3 is 2.65 bits per heavy atom. The molecule has 0 aromatic heterocycles. The zero-order valence-corrected chi connectivity index (χ0v) is 11.5. The van der Waals surface area contributed by atoms with E-state index in [4.69, 9.17) is 5.53 Å². The molecular weight excluding hydrogens is 254 g/mol. The monoisotopic (exact) mass is 273 g/mol. The number of hydrogen-bond acceptors (Lipinski definition) is 3. The molecule has 1 aromatic carbocycles. The molecular formula is C14H19N5O. The summed E-state index contributed by atoms with van der Waals surface area (Å²) in [6, 6.07) is 6.80. The van der Waals surface area contributed by atoms with Crippen LogP contribution in [0.1, 0.15) is 30.1 Å². The van der Waals surface area contributed by atoms with Crippen LogP contribution in [0.4, 0.5) is 5.69 Å². The summed E-state index contributed by atoms with van der Waals surface area (Å²) in [6.07, 6.45) is 2.19. The van der Waals surface area contributed by atoms with Gasteiger partial charge in [0.1, 0.15) is 0 Å². The van der Waals surface area contributed by atoms with Gasteiger partial charge < -0.3 is 10.6 Å². The second-order valence-corrected chi connectivity index (χ2v) is 5.09. The van der Waals surface area contributed by atoms with Crippen molar-refractivity contribution < 1.29 is 4.79 Å². The van der Waals surface area contributed by atoms with E-state index in [-0.39, 0.29) is 11.9 Å². The summed E-state index contributed by atoms with van der Waals surface area (Å²) < 4.78 is 0. The summed E-state index contributed by atoms with van der Waals surface area (Å²) in [5.74, 6) is 0.450. The maximum atomic E-state index is 12.1. The molecule has 1 fully saturated rings. The molecule has 1 atom stereocenters. The predicted molar refractivity (Wildman–Crippen MR) is 77.8 cm³/mol. The number of nitrogens with one attached hydrogen (secondary N) is 2. The van der Waals surface area contributed by atoms with Crippen molar-refractivity contribution in [2.24, 2.45) is 11.0 Å². The molecule has 1 aliphatic rings. The van der Waals surface area contributed by atoms with Crippen LogP contribution in [0.2, 0.25) is 0 Å². The van der Waals surface area contributed by atoms with Gasteiger partial charge in [0, 0.05) is 22.2 Å². The van der Waals surface area contributed by atoms with E-state index < -0.39 is 0 Å². The summed E-state index contributed by atoms with van der Waals surface area (Å²) in [7, 11) is 0. The first-order valence-electron chi connectivity index (χ1n) is 6.87. The Morgan fingerprint density at radius 2 is 2.05 bits per heavy atom. The van der Waals surface area contributed by atoms with Gasteiger partial charge in [0.15, 0.2) is 0 Å². The van der Waals surface area contributed by atoms with Crippen molar-refractivity contribution in [3.63, 3.8) is 0 Å². The molecule has 0 bridgehead atoms. The largest absolute Gasteiger partial charge is 0.349 e. The number of carbonyl (C=O) groups is 1. The highest BCUT2D eigenvalue weighted by molar-refractivity contribution is 5.94. The summed E-state index contributed by atoms with van der Waals surface area (Å²) in [4.78, 5) is 14.8. The Bertz CT molecular complexity index is 501. The first kappa shape index (κ1) is 14.4.